The first-order valence-electron chi connectivity index (χ1n) is 7.19. The molecule has 0 spiro atoms. The molecule has 0 aromatic heterocycles. The number of hydrogen-bond acceptors (Lipinski definition) is 3. The van der Waals surface area contributed by atoms with Crippen LogP contribution >= 0.6 is 0 Å². The van der Waals surface area contributed by atoms with Crippen molar-refractivity contribution in [3.63, 3.8) is 0 Å². The maximum Gasteiger partial charge on any atom is 0.160 e. The van der Waals surface area contributed by atoms with Gasteiger partial charge in [0.2, 0.25) is 0 Å². The zero-order valence-electron chi connectivity index (χ0n) is 12.0. The van der Waals surface area contributed by atoms with Crippen molar-refractivity contribution in [2.75, 3.05) is 14.2 Å². The van der Waals surface area contributed by atoms with E-state index in [4.69, 9.17) is 15.2 Å². The highest BCUT2D eigenvalue weighted by atomic mass is 16.5. The molecule has 19 heavy (non-hydrogen) atoms. The number of nitrogens with two attached hydrogens (primary N) is 1. The summed E-state index contributed by atoms with van der Waals surface area (Å²) in [5, 5.41) is 0. The average molecular weight is 263 g/mol. The van der Waals surface area contributed by atoms with Crippen molar-refractivity contribution in [1.29, 1.82) is 0 Å². The molecule has 3 nitrogen and oxygen atoms in total. The van der Waals surface area contributed by atoms with Gasteiger partial charge in [-0.3, -0.25) is 0 Å². The molecule has 1 fully saturated rings. The highest BCUT2D eigenvalue weighted by molar-refractivity contribution is 5.43. The molecular formula is C16H25NO2. The van der Waals surface area contributed by atoms with Gasteiger partial charge in [0.05, 0.1) is 14.2 Å². The molecule has 1 aromatic carbocycles. The standard InChI is InChI=1S/C16H25NO2/c1-18-15-8-7-13(11-16(15)19-2)10-14(17)9-12-5-3-4-6-12/h7-8,11-12,14H,3-6,9-10,17H2,1-2H3. The zero-order chi connectivity index (χ0) is 13.7. The summed E-state index contributed by atoms with van der Waals surface area (Å²) in [6.45, 7) is 0. The van der Waals surface area contributed by atoms with E-state index in [1.807, 2.05) is 12.1 Å². The summed E-state index contributed by atoms with van der Waals surface area (Å²) >= 11 is 0. The van der Waals surface area contributed by atoms with Gasteiger partial charge in [-0.15, -0.1) is 0 Å². The highest BCUT2D eigenvalue weighted by Gasteiger charge is 2.18. The van der Waals surface area contributed by atoms with Crippen LogP contribution in [0.5, 0.6) is 11.5 Å². The van der Waals surface area contributed by atoms with Crippen molar-refractivity contribution in [2.24, 2.45) is 11.7 Å². The van der Waals surface area contributed by atoms with Crippen molar-refractivity contribution in [2.45, 2.75) is 44.6 Å². The molecule has 1 saturated carbocycles. The molecule has 0 radical (unpaired) electrons. The Hall–Kier alpha value is -1.22. The molecule has 0 heterocycles. The fraction of sp³-hybridized carbons (Fsp3) is 0.625. The minimum Gasteiger partial charge on any atom is -0.493 e. The van der Waals surface area contributed by atoms with Gasteiger partial charge in [-0.1, -0.05) is 31.7 Å². The highest BCUT2D eigenvalue weighted by Crippen LogP contribution is 2.30. The van der Waals surface area contributed by atoms with Crippen molar-refractivity contribution in [3.8, 4) is 11.5 Å². The number of rotatable bonds is 6. The second-order valence-corrected chi connectivity index (χ2v) is 5.54. The van der Waals surface area contributed by atoms with Crippen LogP contribution in [0.4, 0.5) is 0 Å². The summed E-state index contributed by atoms with van der Waals surface area (Å²) in [4.78, 5) is 0. The molecule has 1 unspecified atom stereocenters. The van der Waals surface area contributed by atoms with Gasteiger partial charge in [0.15, 0.2) is 11.5 Å². The summed E-state index contributed by atoms with van der Waals surface area (Å²) in [5.74, 6) is 2.40. The third-order valence-electron chi connectivity index (χ3n) is 4.06. The predicted molar refractivity (Wildman–Crippen MR) is 77.8 cm³/mol. The van der Waals surface area contributed by atoms with Crippen LogP contribution in [0.3, 0.4) is 0 Å². The number of methoxy groups -OCH3 is 2. The van der Waals surface area contributed by atoms with Gasteiger partial charge in [0, 0.05) is 6.04 Å². The van der Waals surface area contributed by atoms with Crippen molar-refractivity contribution < 1.29 is 9.47 Å². The number of hydrogen-bond donors (Lipinski definition) is 1. The molecule has 106 valence electrons. The Labute approximate surface area is 116 Å². The van der Waals surface area contributed by atoms with E-state index in [-0.39, 0.29) is 6.04 Å². The molecule has 1 atom stereocenters. The average Bonchev–Trinajstić information content (AvgIpc) is 2.91. The summed E-state index contributed by atoms with van der Waals surface area (Å²) in [6, 6.07) is 6.32. The van der Waals surface area contributed by atoms with Crippen LogP contribution in [-0.2, 0) is 6.42 Å². The van der Waals surface area contributed by atoms with E-state index in [0.717, 1.165) is 30.3 Å². The number of benzene rings is 1. The minimum atomic E-state index is 0.251. The van der Waals surface area contributed by atoms with Crippen LogP contribution < -0.4 is 15.2 Å². The van der Waals surface area contributed by atoms with Gasteiger partial charge >= 0.3 is 0 Å². The topological polar surface area (TPSA) is 44.5 Å². The molecule has 3 heteroatoms. The largest absolute Gasteiger partial charge is 0.493 e. The molecule has 1 aliphatic rings. The predicted octanol–water partition coefficient (Wildman–Crippen LogP) is 3.15. The van der Waals surface area contributed by atoms with E-state index in [9.17, 15) is 0 Å². The van der Waals surface area contributed by atoms with Crippen LogP contribution in [0.2, 0.25) is 0 Å². The Balaban J connectivity index is 1.94. The van der Waals surface area contributed by atoms with Crippen LogP contribution in [-0.4, -0.2) is 20.3 Å². The molecule has 0 bridgehead atoms. The lowest BCUT2D eigenvalue weighted by Gasteiger charge is -2.17. The SMILES string of the molecule is COc1ccc(CC(N)CC2CCCC2)cc1OC. The smallest absolute Gasteiger partial charge is 0.160 e. The fourth-order valence-corrected chi connectivity index (χ4v) is 3.07. The van der Waals surface area contributed by atoms with Crippen LogP contribution in [0, 0.1) is 5.92 Å². The molecule has 1 aromatic rings. The maximum atomic E-state index is 6.28. The monoisotopic (exact) mass is 263 g/mol. The molecular weight excluding hydrogens is 238 g/mol. The van der Waals surface area contributed by atoms with Crippen LogP contribution in [0.15, 0.2) is 18.2 Å². The van der Waals surface area contributed by atoms with E-state index in [1.165, 1.54) is 31.2 Å². The van der Waals surface area contributed by atoms with Gasteiger partial charge in [0.25, 0.3) is 0 Å². The van der Waals surface area contributed by atoms with E-state index in [2.05, 4.69) is 6.07 Å². The van der Waals surface area contributed by atoms with E-state index >= 15 is 0 Å². The lowest BCUT2D eigenvalue weighted by molar-refractivity contribution is 0.354. The minimum absolute atomic E-state index is 0.251. The van der Waals surface area contributed by atoms with Crippen molar-refractivity contribution >= 4 is 0 Å². The second-order valence-electron chi connectivity index (χ2n) is 5.54. The first-order chi connectivity index (χ1) is 9.22. The van der Waals surface area contributed by atoms with Crippen LogP contribution in [0.1, 0.15) is 37.7 Å². The zero-order valence-corrected chi connectivity index (χ0v) is 12.0. The Morgan fingerprint density at radius 1 is 1.16 bits per heavy atom. The summed E-state index contributed by atoms with van der Waals surface area (Å²) in [6.07, 6.45) is 7.55. The quantitative estimate of drug-likeness (QED) is 0.857. The van der Waals surface area contributed by atoms with E-state index < -0.39 is 0 Å². The lowest BCUT2D eigenvalue weighted by atomic mass is 9.94. The van der Waals surface area contributed by atoms with Crippen molar-refractivity contribution in [1.82, 2.24) is 0 Å². The van der Waals surface area contributed by atoms with Crippen LogP contribution in [0.25, 0.3) is 0 Å². The van der Waals surface area contributed by atoms with Gasteiger partial charge in [-0.25, -0.2) is 0 Å². The van der Waals surface area contributed by atoms with E-state index in [0.29, 0.717) is 0 Å². The lowest BCUT2D eigenvalue weighted by Crippen LogP contribution is -2.25. The van der Waals surface area contributed by atoms with Gasteiger partial charge in [-0.2, -0.15) is 0 Å². The summed E-state index contributed by atoms with van der Waals surface area (Å²) < 4.78 is 10.6. The Kier molecular flexibility index (Phi) is 5.08. The summed E-state index contributed by atoms with van der Waals surface area (Å²) in [5.41, 5.74) is 7.50. The maximum absolute atomic E-state index is 6.28. The Morgan fingerprint density at radius 2 is 1.84 bits per heavy atom. The van der Waals surface area contributed by atoms with Gasteiger partial charge in [0.1, 0.15) is 0 Å². The molecule has 1 aliphatic carbocycles. The third-order valence-corrected chi connectivity index (χ3v) is 4.06. The van der Waals surface area contributed by atoms with Gasteiger partial charge in [-0.05, 0) is 36.5 Å². The molecule has 0 saturated heterocycles. The first-order valence-corrected chi connectivity index (χ1v) is 7.19. The third kappa shape index (κ3) is 3.87. The van der Waals surface area contributed by atoms with E-state index in [1.54, 1.807) is 14.2 Å². The van der Waals surface area contributed by atoms with Crippen molar-refractivity contribution in [3.05, 3.63) is 23.8 Å². The second kappa shape index (κ2) is 6.80. The molecule has 0 aliphatic heterocycles. The Morgan fingerprint density at radius 3 is 2.47 bits per heavy atom. The van der Waals surface area contributed by atoms with Gasteiger partial charge < -0.3 is 15.2 Å². The first kappa shape index (κ1) is 14.2. The molecule has 2 N–H and O–H groups in total. The molecule has 2 rings (SSSR count). The normalized spacial score (nSPS) is 17.4. The molecule has 0 amide bonds. The summed E-state index contributed by atoms with van der Waals surface area (Å²) in [7, 11) is 3.32. The Bertz CT molecular complexity index is 400. The fourth-order valence-electron chi connectivity index (χ4n) is 3.07. The number of ether oxygens (including phenoxy) is 2.